The normalized spacial score (nSPS) is 11.7. The molecule has 0 radical (unpaired) electrons. The lowest BCUT2D eigenvalue weighted by atomic mass is 10.0. The molecule has 1 atom stereocenters. The smallest absolute Gasteiger partial charge is 0.261 e. The number of halogens is 1. The van der Waals surface area contributed by atoms with E-state index in [2.05, 4.69) is 5.32 Å². The van der Waals surface area contributed by atoms with Crippen molar-refractivity contribution in [3.05, 3.63) is 101 Å². The van der Waals surface area contributed by atoms with Gasteiger partial charge in [0.1, 0.15) is 11.8 Å². The van der Waals surface area contributed by atoms with Crippen LogP contribution in [0.5, 0.6) is 5.75 Å². The van der Waals surface area contributed by atoms with Gasteiger partial charge in [0, 0.05) is 24.5 Å². The molecule has 0 aliphatic heterocycles. The van der Waals surface area contributed by atoms with Crippen LogP contribution in [0, 0.1) is 12.8 Å². The molecule has 0 spiro atoms. The van der Waals surface area contributed by atoms with Crippen LogP contribution >= 0.6 is 11.6 Å². The van der Waals surface area contributed by atoms with Gasteiger partial charge < -0.3 is 15.0 Å². The lowest BCUT2D eigenvalue weighted by Crippen LogP contribution is -2.52. The first kappa shape index (κ1) is 26.3. The fourth-order valence-electron chi connectivity index (χ4n) is 3.69. The summed E-state index contributed by atoms with van der Waals surface area (Å²) in [7, 11) is 0. The summed E-state index contributed by atoms with van der Waals surface area (Å²) >= 11 is 6.11. The fraction of sp³-hybridized carbons (Fsp3) is 0.310. The van der Waals surface area contributed by atoms with Crippen molar-refractivity contribution in [2.45, 2.75) is 39.8 Å². The molecular weight excluding hydrogens is 460 g/mol. The summed E-state index contributed by atoms with van der Waals surface area (Å²) in [5.41, 5.74) is 2.79. The maximum Gasteiger partial charge on any atom is 0.261 e. The quantitative estimate of drug-likeness (QED) is 0.387. The number of nitrogens with zero attached hydrogens (tertiary/aromatic N) is 1. The minimum Gasteiger partial charge on any atom is -0.484 e. The van der Waals surface area contributed by atoms with Crippen LogP contribution in [0.4, 0.5) is 0 Å². The van der Waals surface area contributed by atoms with Gasteiger partial charge >= 0.3 is 0 Å². The highest BCUT2D eigenvalue weighted by atomic mass is 35.5. The van der Waals surface area contributed by atoms with E-state index >= 15 is 0 Å². The van der Waals surface area contributed by atoms with Crippen molar-refractivity contribution in [3.8, 4) is 5.75 Å². The Labute approximate surface area is 213 Å². The zero-order valence-corrected chi connectivity index (χ0v) is 21.3. The molecule has 6 heteroatoms. The van der Waals surface area contributed by atoms with Gasteiger partial charge in [-0.05, 0) is 47.7 Å². The van der Waals surface area contributed by atoms with Crippen LogP contribution in [-0.2, 0) is 22.6 Å². The van der Waals surface area contributed by atoms with E-state index in [1.807, 2.05) is 81.4 Å². The number of carbonyl (C=O) groups is 2. The largest absolute Gasteiger partial charge is 0.484 e. The third-order valence-electron chi connectivity index (χ3n) is 5.64. The van der Waals surface area contributed by atoms with E-state index in [1.54, 1.807) is 23.1 Å². The minimum absolute atomic E-state index is 0.172. The number of ether oxygens (including phenoxy) is 1. The Morgan fingerprint density at radius 3 is 2.17 bits per heavy atom. The molecule has 0 aliphatic rings. The highest BCUT2D eigenvalue weighted by Crippen LogP contribution is 2.21. The van der Waals surface area contributed by atoms with Gasteiger partial charge in [0.15, 0.2) is 6.61 Å². The number of carbonyl (C=O) groups excluding carboxylic acids is 2. The molecule has 1 N–H and O–H groups in total. The van der Waals surface area contributed by atoms with E-state index in [-0.39, 0.29) is 18.4 Å². The van der Waals surface area contributed by atoms with Gasteiger partial charge in [0.2, 0.25) is 5.91 Å². The topological polar surface area (TPSA) is 58.6 Å². The Hall–Kier alpha value is -3.31. The predicted molar refractivity (Wildman–Crippen MR) is 140 cm³/mol. The molecule has 3 rings (SSSR count). The monoisotopic (exact) mass is 492 g/mol. The second-order valence-corrected chi connectivity index (χ2v) is 9.46. The number of aryl methyl sites for hydroxylation is 1. The van der Waals surface area contributed by atoms with Crippen LogP contribution in [0.3, 0.4) is 0 Å². The molecule has 0 aromatic heterocycles. The maximum atomic E-state index is 13.5. The summed E-state index contributed by atoms with van der Waals surface area (Å²) in [6, 6.07) is 24.1. The van der Waals surface area contributed by atoms with E-state index < -0.39 is 6.04 Å². The third kappa shape index (κ3) is 8.15. The van der Waals surface area contributed by atoms with E-state index in [0.717, 1.165) is 16.7 Å². The first-order valence-electron chi connectivity index (χ1n) is 11.9. The standard InChI is InChI=1S/C29H33ClN2O3/c1-21(2)18-31-29(34)27(17-23-10-6-4-7-11-23)32(19-24-12-8-5-9-13-24)28(33)20-35-25-14-15-26(30)22(3)16-25/h4-16,21,27H,17-20H2,1-3H3,(H,31,34)/t27-/m0/s1. The zero-order valence-electron chi connectivity index (χ0n) is 20.5. The predicted octanol–water partition coefficient (Wildman–Crippen LogP) is 5.44. The summed E-state index contributed by atoms with van der Waals surface area (Å²) in [5.74, 6) is 0.422. The molecule has 0 fully saturated rings. The Morgan fingerprint density at radius 2 is 1.57 bits per heavy atom. The van der Waals surface area contributed by atoms with Crippen molar-refractivity contribution in [1.82, 2.24) is 10.2 Å². The molecule has 5 nitrogen and oxygen atoms in total. The van der Waals surface area contributed by atoms with Crippen LogP contribution in [0.15, 0.2) is 78.9 Å². The lowest BCUT2D eigenvalue weighted by Gasteiger charge is -2.31. The highest BCUT2D eigenvalue weighted by Gasteiger charge is 2.30. The third-order valence-corrected chi connectivity index (χ3v) is 6.07. The molecule has 35 heavy (non-hydrogen) atoms. The molecule has 0 unspecified atom stereocenters. The Bertz CT molecular complexity index is 1100. The molecule has 0 bridgehead atoms. The molecule has 0 aliphatic carbocycles. The molecule has 184 valence electrons. The molecule has 3 aromatic carbocycles. The first-order valence-corrected chi connectivity index (χ1v) is 12.2. The molecular formula is C29H33ClN2O3. The number of hydrogen-bond donors (Lipinski definition) is 1. The van der Waals surface area contributed by atoms with Gasteiger partial charge in [-0.3, -0.25) is 9.59 Å². The second kappa shape index (κ2) is 13.0. The van der Waals surface area contributed by atoms with Gasteiger partial charge in [-0.1, -0.05) is 86.1 Å². The highest BCUT2D eigenvalue weighted by molar-refractivity contribution is 6.31. The van der Waals surface area contributed by atoms with Crippen LogP contribution in [0.25, 0.3) is 0 Å². The van der Waals surface area contributed by atoms with Crippen molar-refractivity contribution in [2.75, 3.05) is 13.2 Å². The van der Waals surface area contributed by atoms with Crippen molar-refractivity contribution in [2.24, 2.45) is 5.92 Å². The maximum absolute atomic E-state index is 13.5. The van der Waals surface area contributed by atoms with Gasteiger partial charge in [-0.25, -0.2) is 0 Å². The summed E-state index contributed by atoms with van der Waals surface area (Å²) in [5, 5.41) is 3.66. The van der Waals surface area contributed by atoms with Gasteiger partial charge in [-0.15, -0.1) is 0 Å². The lowest BCUT2D eigenvalue weighted by molar-refractivity contribution is -0.142. The Morgan fingerprint density at radius 1 is 0.943 bits per heavy atom. The SMILES string of the molecule is Cc1cc(OCC(=O)N(Cc2ccccc2)[C@@H](Cc2ccccc2)C(=O)NCC(C)C)ccc1Cl. The van der Waals surface area contributed by atoms with Gasteiger partial charge in [0.25, 0.3) is 5.91 Å². The van der Waals surface area contributed by atoms with Crippen molar-refractivity contribution < 1.29 is 14.3 Å². The fourth-order valence-corrected chi connectivity index (χ4v) is 3.81. The van der Waals surface area contributed by atoms with Crippen molar-refractivity contribution >= 4 is 23.4 Å². The van der Waals surface area contributed by atoms with Crippen molar-refractivity contribution in [3.63, 3.8) is 0 Å². The summed E-state index contributed by atoms with van der Waals surface area (Å²) in [6.07, 6.45) is 0.406. The minimum atomic E-state index is -0.681. The number of amides is 2. The number of rotatable bonds is 11. The molecule has 3 aromatic rings. The van der Waals surface area contributed by atoms with E-state index in [4.69, 9.17) is 16.3 Å². The Balaban J connectivity index is 1.87. The van der Waals surface area contributed by atoms with Crippen LogP contribution in [0.1, 0.15) is 30.5 Å². The van der Waals surface area contributed by atoms with Gasteiger partial charge in [0.05, 0.1) is 0 Å². The number of nitrogens with one attached hydrogen (secondary N) is 1. The number of hydrogen-bond acceptors (Lipinski definition) is 3. The van der Waals surface area contributed by atoms with E-state index in [0.29, 0.717) is 36.2 Å². The summed E-state index contributed by atoms with van der Waals surface area (Å²) < 4.78 is 5.82. The second-order valence-electron chi connectivity index (χ2n) is 9.05. The summed E-state index contributed by atoms with van der Waals surface area (Å²) in [4.78, 5) is 28.6. The molecule has 0 saturated carbocycles. The average molecular weight is 493 g/mol. The van der Waals surface area contributed by atoms with Crippen LogP contribution < -0.4 is 10.1 Å². The van der Waals surface area contributed by atoms with Crippen molar-refractivity contribution in [1.29, 1.82) is 0 Å². The molecule has 0 heterocycles. The average Bonchev–Trinajstić information content (AvgIpc) is 2.86. The first-order chi connectivity index (χ1) is 16.8. The van der Waals surface area contributed by atoms with E-state index in [1.165, 1.54) is 0 Å². The zero-order chi connectivity index (χ0) is 25.2. The molecule has 0 saturated heterocycles. The summed E-state index contributed by atoms with van der Waals surface area (Å²) in [6.45, 7) is 6.63. The Kier molecular flexibility index (Phi) is 9.74. The van der Waals surface area contributed by atoms with Gasteiger partial charge in [-0.2, -0.15) is 0 Å². The van der Waals surface area contributed by atoms with Crippen LogP contribution in [0.2, 0.25) is 5.02 Å². The molecule has 2 amide bonds. The number of benzene rings is 3. The van der Waals surface area contributed by atoms with E-state index in [9.17, 15) is 9.59 Å². The van der Waals surface area contributed by atoms with Crippen LogP contribution in [-0.4, -0.2) is 35.9 Å².